The Balaban J connectivity index is 1.35. The smallest absolute Gasteiger partial charge is 0.354 e. The summed E-state index contributed by atoms with van der Waals surface area (Å²) < 4.78 is 20.1. The van der Waals surface area contributed by atoms with E-state index in [0.717, 1.165) is 0 Å². The van der Waals surface area contributed by atoms with Crippen LogP contribution in [0.2, 0.25) is 0 Å². The maximum Gasteiger partial charge on any atom is 0.354 e. The quantitative estimate of drug-likeness (QED) is 0.549. The van der Waals surface area contributed by atoms with Gasteiger partial charge < -0.3 is 15.0 Å². The second-order valence-electron chi connectivity index (χ2n) is 8.61. The van der Waals surface area contributed by atoms with Gasteiger partial charge in [-0.15, -0.1) is 0 Å². The summed E-state index contributed by atoms with van der Waals surface area (Å²) in [5.74, 6) is -2.37. The van der Waals surface area contributed by atoms with E-state index in [2.05, 4.69) is 10.4 Å². The van der Waals surface area contributed by atoms with Crippen molar-refractivity contribution in [1.29, 1.82) is 0 Å². The number of likely N-dealkylation sites (N-methyl/N-ethyl adjacent to an activating group) is 1. The highest BCUT2D eigenvalue weighted by Gasteiger charge is 2.60. The number of aryl methyl sites for hydroxylation is 1. The highest BCUT2D eigenvalue weighted by atomic mass is 19.1. The van der Waals surface area contributed by atoms with Gasteiger partial charge in [0, 0.05) is 26.0 Å². The first-order chi connectivity index (χ1) is 17.2. The number of ether oxygens (including phenoxy) is 1. The average molecular weight is 491 g/mol. The van der Waals surface area contributed by atoms with E-state index in [1.165, 1.54) is 45.8 Å². The first-order valence-electron chi connectivity index (χ1n) is 11.2. The number of hydrogen-bond acceptors (Lipinski definition) is 6. The van der Waals surface area contributed by atoms with Crippen molar-refractivity contribution in [1.82, 2.24) is 14.7 Å². The van der Waals surface area contributed by atoms with Gasteiger partial charge in [-0.1, -0.05) is 12.1 Å². The third-order valence-electron chi connectivity index (χ3n) is 6.37. The van der Waals surface area contributed by atoms with Crippen LogP contribution in [0, 0.1) is 12.7 Å². The van der Waals surface area contributed by atoms with E-state index in [9.17, 15) is 23.6 Å². The fraction of sp³-hybridized carbons (Fsp3) is 0.240. The van der Waals surface area contributed by atoms with Crippen molar-refractivity contribution in [3.05, 3.63) is 71.7 Å². The second kappa shape index (κ2) is 8.59. The number of nitrogens with zero attached hydrogens (tertiary/aromatic N) is 4. The van der Waals surface area contributed by atoms with E-state index < -0.39 is 35.9 Å². The Kier molecular flexibility index (Phi) is 5.54. The van der Waals surface area contributed by atoms with Gasteiger partial charge in [-0.3, -0.25) is 19.3 Å². The number of esters is 1. The number of fused-ring (bicyclic) bond motifs is 3. The normalized spacial score (nSPS) is 18.6. The maximum absolute atomic E-state index is 13.4. The van der Waals surface area contributed by atoms with E-state index in [1.807, 2.05) is 0 Å². The van der Waals surface area contributed by atoms with E-state index in [-0.39, 0.29) is 18.7 Å². The van der Waals surface area contributed by atoms with Crippen LogP contribution in [0.15, 0.2) is 54.6 Å². The van der Waals surface area contributed by atoms with E-state index in [0.29, 0.717) is 28.5 Å². The predicted molar refractivity (Wildman–Crippen MR) is 126 cm³/mol. The van der Waals surface area contributed by atoms with Gasteiger partial charge in [-0.2, -0.15) is 5.10 Å². The van der Waals surface area contributed by atoms with Crippen LogP contribution >= 0.6 is 0 Å². The Hall–Kier alpha value is -4.54. The second-order valence-corrected chi connectivity index (χ2v) is 8.61. The molecule has 1 saturated heterocycles. The fourth-order valence-electron chi connectivity index (χ4n) is 4.68. The number of nitrogens with one attached hydrogen (secondary N) is 1. The predicted octanol–water partition coefficient (Wildman–Crippen LogP) is 2.41. The summed E-state index contributed by atoms with van der Waals surface area (Å²) in [6.45, 7) is 1.08. The van der Waals surface area contributed by atoms with Crippen LogP contribution in [-0.4, -0.2) is 57.7 Å². The Morgan fingerprint density at radius 2 is 1.86 bits per heavy atom. The third kappa shape index (κ3) is 3.60. The fourth-order valence-corrected chi connectivity index (χ4v) is 4.68. The number of halogens is 1. The lowest BCUT2D eigenvalue weighted by atomic mass is 9.97. The van der Waals surface area contributed by atoms with Gasteiger partial charge >= 0.3 is 5.97 Å². The van der Waals surface area contributed by atoms with Crippen molar-refractivity contribution in [2.24, 2.45) is 0 Å². The molecule has 1 atom stereocenters. The molecule has 0 aliphatic carbocycles. The van der Waals surface area contributed by atoms with Crippen molar-refractivity contribution >= 4 is 35.2 Å². The number of carbonyl (C=O) groups is 4. The zero-order valence-corrected chi connectivity index (χ0v) is 19.5. The summed E-state index contributed by atoms with van der Waals surface area (Å²) >= 11 is 0. The van der Waals surface area contributed by atoms with E-state index >= 15 is 0 Å². The lowest BCUT2D eigenvalue weighted by Crippen LogP contribution is -2.67. The number of benzene rings is 2. The molecule has 1 aromatic heterocycles. The molecule has 2 aliphatic rings. The molecule has 0 spiro atoms. The van der Waals surface area contributed by atoms with Crippen LogP contribution in [0.5, 0.6) is 0 Å². The van der Waals surface area contributed by atoms with Crippen LogP contribution < -0.4 is 10.2 Å². The van der Waals surface area contributed by atoms with Crippen LogP contribution in [0.1, 0.15) is 28.9 Å². The van der Waals surface area contributed by atoms with E-state index in [1.54, 1.807) is 37.3 Å². The van der Waals surface area contributed by atoms with Gasteiger partial charge in [0.15, 0.2) is 6.61 Å². The molecule has 3 aromatic rings. The molecule has 1 N–H and O–H groups in total. The first kappa shape index (κ1) is 23.2. The molecule has 2 aromatic carbocycles. The minimum Gasteiger partial charge on any atom is -0.452 e. The van der Waals surface area contributed by atoms with Crippen LogP contribution in [0.4, 0.5) is 15.9 Å². The number of rotatable bonds is 5. The van der Waals surface area contributed by atoms with Crippen molar-refractivity contribution in [2.75, 3.05) is 23.9 Å². The molecule has 0 radical (unpaired) electrons. The zero-order chi connectivity index (χ0) is 25.6. The lowest BCUT2D eigenvalue weighted by Gasteiger charge is -2.46. The lowest BCUT2D eigenvalue weighted by molar-refractivity contribution is -0.158. The Morgan fingerprint density at radius 1 is 1.14 bits per heavy atom. The molecule has 10 nitrogen and oxygen atoms in total. The molecule has 36 heavy (non-hydrogen) atoms. The van der Waals surface area contributed by atoms with Gasteiger partial charge in [0.1, 0.15) is 11.6 Å². The van der Waals surface area contributed by atoms with Crippen molar-refractivity contribution in [3.63, 3.8) is 0 Å². The monoisotopic (exact) mass is 491 g/mol. The van der Waals surface area contributed by atoms with Gasteiger partial charge in [-0.05, 0) is 43.3 Å². The van der Waals surface area contributed by atoms with Gasteiger partial charge in [0.25, 0.3) is 11.8 Å². The molecule has 5 rings (SSSR count). The largest absolute Gasteiger partial charge is 0.452 e. The molecule has 3 heterocycles. The maximum atomic E-state index is 13.4. The van der Waals surface area contributed by atoms with Crippen LogP contribution in [0.3, 0.4) is 0 Å². The number of para-hydroxylation sites is 1. The molecular weight excluding hydrogens is 469 g/mol. The number of carbonyl (C=O) groups excluding carboxylic acids is 4. The van der Waals surface area contributed by atoms with Crippen molar-refractivity contribution in [2.45, 2.75) is 25.4 Å². The molecule has 0 saturated carbocycles. The highest BCUT2D eigenvalue weighted by Crippen LogP contribution is 2.44. The summed E-state index contributed by atoms with van der Waals surface area (Å²) in [5, 5.41) is 6.94. The molecule has 11 heteroatoms. The number of aromatic nitrogens is 2. The third-order valence-corrected chi connectivity index (χ3v) is 6.37. The Bertz CT molecular complexity index is 1400. The number of amides is 3. The first-order valence-corrected chi connectivity index (χ1v) is 11.2. The Morgan fingerprint density at radius 3 is 2.61 bits per heavy atom. The highest BCUT2D eigenvalue weighted by molar-refractivity contribution is 6.15. The van der Waals surface area contributed by atoms with Gasteiger partial charge in [0.2, 0.25) is 11.6 Å². The molecule has 0 bridgehead atoms. The summed E-state index contributed by atoms with van der Waals surface area (Å²) in [5.41, 5.74) is 0.0994. The minimum atomic E-state index is -1.67. The number of anilines is 2. The minimum absolute atomic E-state index is 0.0411. The van der Waals surface area contributed by atoms with Gasteiger partial charge in [-0.25, -0.2) is 13.9 Å². The molecule has 2 aliphatic heterocycles. The Labute approximate surface area is 205 Å². The summed E-state index contributed by atoms with van der Waals surface area (Å²) in [6.07, 6.45) is 0.0861. The molecule has 3 amide bonds. The summed E-state index contributed by atoms with van der Waals surface area (Å²) in [7, 11) is 1.44. The van der Waals surface area contributed by atoms with Gasteiger partial charge in [0.05, 0.1) is 22.6 Å². The summed E-state index contributed by atoms with van der Waals surface area (Å²) in [4.78, 5) is 54.3. The summed E-state index contributed by atoms with van der Waals surface area (Å²) in [6, 6.07) is 13.7. The van der Waals surface area contributed by atoms with Crippen LogP contribution in [-0.2, 0) is 19.1 Å². The number of hydrogen-bond donors (Lipinski definition) is 1. The molecule has 1 fully saturated rings. The molecule has 184 valence electrons. The average Bonchev–Trinajstić information content (AvgIpc) is 3.41. The molecule has 1 unspecified atom stereocenters. The van der Waals surface area contributed by atoms with E-state index in [4.69, 9.17) is 4.74 Å². The van der Waals surface area contributed by atoms with Crippen LogP contribution in [0.25, 0.3) is 5.69 Å². The standard InChI is InChI=1S/C25H22FN5O5/c1-15-13-20(31(28-15)17-9-7-16(26)8-10-17)27-21(32)14-36-24(35)25-12-11-22(33)30(25)19-6-4-3-5-18(19)23(34)29(25)2/h3-10,13H,11-12,14H2,1-2H3,(H,27,32). The van der Waals surface area contributed by atoms with Crippen molar-refractivity contribution in [3.8, 4) is 5.69 Å². The topological polar surface area (TPSA) is 114 Å². The van der Waals surface area contributed by atoms with Crippen molar-refractivity contribution < 1.29 is 28.3 Å². The zero-order valence-electron chi connectivity index (χ0n) is 19.5. The SMILES string of the molecule is Cc1cc(NC(=O)COC(=O)C23CCC(=O)N2c2ccccc2C(=O)N3C)n(-c2ccc(F)cc2)n1. The molecular formula is C25H22FN5O5.